The van der Waals surface area contributed by atoms with Crippen molar-refractivity contribution < 1.29 is 4.42 Å². The first-order chi connectivity index (χ1) is 6.69. The molecule has 4 nitrogen and oxygen atoms in total. The van der Waals surface area contributed by atoms with Crippen LogP contribution in [0.25, 0.3) is 11.1 Å². The second-order valence-electron chi connectivity index (χ2n) is 3.63. The average molecular weight is 210 g/mol. The van der Waals surface area contributed by atoms with E-state index in [4.69, 9.17) is 21.8 Å². The molecule has 0 amide bonds. The molecule has 0 atom stereocenters. The number of rotatable bonds is 1. The number of aromatic nitrogens is 2. The summed E-state index contributed by atoms with van der Waals surface area (Å²) in [5.74, 6) is 0.572. The Bertz CT molecular complexity index is 504. The van der Waals surface area contributed by atoms with Crippen molar-refractivity contribution in [2.75, 3.05) is 0 Å². The molecule has 0 saturated heterocycles. The zero-order chi connectivity index (χ0) is 9.76. The van der Waals surface area contributed by atoms with E-state index in [1.807, 2.05) is 0 Å². The van der Waals surface area contributed by atoms with Gasteiger partial charge < -0.3 is 10.2 Å². The molecule has 2 aromatic heterocycles. The van der Waals surface area contributed by atoms with Crippen LogP contribution in [0.3, 0.4) is 0 Å². The van der Waals surface area contributed by atoms with E-state index >= 15 is 0 Å². The number of pyridine rings is 1. The second-order valence-corrected chi connectivity index (χ2v) is 3.98. The molecule has 0 spiro atoms. The Morgan fingerprint density at radius 3 is 2.93 bits per heavy atom. The zero-order valence-corrected chi connectivity index (χ0v) is 8.08. The van der Waals surface area contributed by atoms with Gasteiger partial charge in [0.25, 0.3) is 0 Å². The van der Waals surface area contributed by atoms with Crippen LogP contribution in [-0.4, -0.2) is 9.97 Å². The minimum Gasteiger partial charge on any atom is -0.435 e. The van der Waals surface area contributed by atoms with Crippen molar-refractivity contribution in [1.29, 1.82) is 0 Å². The van der Waals surface area contributed by atoms with Gasteiger partial charge in [-0.15, -0.1) is 0 Å². The van der Waals surface area contributed by atoms with Crippen molar-refractivity contribution in [2.45, 2.75) is 18.4 Å². The van der Waals surface area contributed by atoms with E-state index in [0.717, 1.165) is 18.4 Å². The smallest absolute Gasteiger partial charge is 0.215 e. The maximum atomic E-state index is 5.96. The highest BCUT2D eigenvalue weighted by Gasteiger charge is 2.45. The Kier molecular flexibility index (Phi) is 1.44. The summed E-state index contributed by atoms with van der Waals surface area (Å²) in [6.45, 7) is 0. The summed E-state index contributed by atoms with van der Waals surface area (Å²) < 4.78 is 5.50. The van der Waals surface area contributed by atoms with Gasteiger partial charge in [-0.2, -0.15) is 0 Å². The molecule has 72 valence electrons. The lowest BCUT2D eigenvalue weighted by molar-refractivity contribution is 0.465. The summed E-state index contributed by atoms with van der Waals surface area (Å²) in [5.41, 5.74) is 6.85. The SMILES string of the molecule is NC1(c2nc3ccnc(Cl)c3o2)CC1. The van der Waals surface area contributed by atoms with Crippen molar-refractivity contribution in [1.82, 2.24) is 9.97 Å². The van der Waals surface area contributed by atoms with E-state index < -0.39 is 0 Å². The standard InChI is InChI=1S/C9H8ClN3O/c10-7-6-5(1-4-12-7)13-8(14-6)9(11)2-3-9/h1,4H,2-3,11H2. The fraction of sp³-hybridized carbons (Fsp3) is 0.333. The first kappa shape index (κ1) is 8.20. The van der Waals surface area contributed by atoms with Crippen LogP contribution >= 0.6 is 11.6 Å². The van der Waals surface area contributed by atoms with Gasteiger partial charge in [0.15, 0.2) is 10.7 Å². The monoisotopic (exact) mass is 209 g/mol. The summed E-state index contributed by atoms with van der Waals surface area (Å²) in [6, 6.07) is 1.76. The number of halogens is 1. The fourth-order valence-electron chi connectivity index (χ4n) is 1.39. The van der Waals surface area contributed by atoms with Crippen LogP contribution < -0.4 is 5.73 Å². The van der Waals surface area contributed by atoms with E-state index in [1.165, 1.54) is 0 Å². The lowest BCUT2D eigenvalue weighted by Crippen LogP contribution is -2.18. The molecule has 0 unspecified atom stereocenters. The lowest BCUT2D eigenvalue weighted by atomic mass is 10.3. The molecule has 14 heavy (non-hydrogen) atoms. The summed E-state index contributed by atoms with van der Waals surface area (Å²) in [6.07, 6.45) is 3.45. The second kappa shape index (κ2) is 2.46. The van der Waals surface area contributed by atoms with Crippen LogP contribution in [0.2, 0.25) is 5.15 Å². The fourth-order valence-corrected chi connectivity index (χ4v) is 1.58. The molecule has 0 radical (unpaired) electrons. The number of hydrogen-bond donors (Lipinski definition) is 1. The van der Waals surface area contributed by atoms with Crippen LogP contribution in [-0.2, 0) is 5.54 Å². The van der Waals surface area contributed by atoms with Crippen LogP contribution in [0, 0.1) is 0 Å². The molecule has 0 bridgehead atoms. The molecule has 2 aromatic rings. The predicted octanol–water partition coefficient (Wildman–Crippen LogP) is 1.82. The summed E-state index contributed by atoms with van der Waals surface area (Å²) in [5, 5.41) is 0.338. The first-order valence-electron chi connectivity index (χ1n) is 4.39. The minimum absolute atomic E-state index is 0.338. The van der Waals surface area contributed by atoms with Crippen LogP contribution in [0.1, 0.15) is 18.7 Å². The molecule has 1 fully saturated rings. The number of oxazole rings is 1. The van der Waals surface area contributed by atoms with Gasteiger partial charge in [0.1, 0.15) is 5.52 Å². The van der Waals surface area contributed by atoms with E-state index in [1.54, 1.807) is 12.3 Å². The van der Waals surface area contributed by atoms with Crippen molar-refractivity contribution >= 4 is 22.7 Å². The topological polar surface area (TPSA) is 64.9 Å². The highest BCUT2D eigenvalue weighted by atomic mass is 35.5. The Labute approximate surface area is 85.1 Å². The maximum absolute atomic E-state index is 5.96. The quantitative estimate of drug-likeness (QED) is 0.728. The van der Waals surface area contributed by atoms with Gasteiger partial charge in [-0.25, -0.2) is 9.97 Å². The van der Waals surface area contributed by atoms with Crippen LogP contribution in [0.4, 0.5) is 0 Å². The van der Waals surface area contributed by atoms with Crippen molar-refractivity contribution in [3.63, 3.8) is 0 Å². The predicted molar refractivity (Wildman–Crippen MR) is 51.9 cm³/mol. The number of nitrogens with two attached hydrogens (primary N) is 1. The van der Waals surface area contributed by atoms with Crippen molar-refractivity contribution in [3.05, 3.63) is 23.3 Å². The summed E-state index contributed by atoms with van der Waals surface area (Å²) in [7, 11) is 0. The molecular formula is C9H8ClN3O. The Morgan fingerprint density at radius 2 is 2.29 bits per heavy atom. The van der Waals surface area contributed by atoms with Crippen LogP contribution in [0.15, 0.2) is 16.7 Å². The normalized spacial score (nSPS) is 18.7. The lowest BCUT2D eigenvalue weighted by Gasteiger charge is -1.99. The molecule has 0 aliphatic heterocycles. The minimum atomic E-state index is -0.359. The number of nitrogens with zero attached hydrogens (tertiary/aromatic N) is 2. The Hall–Kier alpha value is -1.13. The van der Waals surface area contributed by atoms with E-state index in [2.05, 4.69) is 9.97 Å². The van der Waals surface area contributed by atoms with E-state index in [0.29, 0.717) is 16.6 Å². The van der Waals surface area contributed by atoms with Gasteiger partial charge in [0.2, 0.25) is 5.89 Å². The summed E-state index contributed by atoms with van der Waals surface area (Å²) in [4.78, 5) is 8.21. The van der Waals surface area contributed by atoms with Gasteiger partial charge in [-0.3, -0.25) is 0 Å². The van der Waals surface area contributed by atoms with Crippen LogP contribution in [0.5, 0.6) is 0 Å². The summed E-state index contributed by atoms with van der Waals surface area (Å²) >= 11 is 5.86. The molecular weight excluding hydrogens is 202 g/mol. The maximum Gasteiger partial charge on any atom is 0.215 e. The molecule has 1 aliphatic rings. The van der Waals surface area contributed by atoms with Gasteiger partial charge >= 0.3 is 0 Å². The van der Waals surface area contributed by atoms with Crippen molar-refractivity contribution in [2.24, 2.45) is 5.73 Å². The Morgan fingerprint density at radius 1 is 1.50 bits per heavy atom. The zero-order valence-electron chi connectivity index (χ0n) is 7.33. The number of hydrogen-bond acceptors (Lipinski definition) is 4. The molecule has 3 rings (SSSR count). The van der Waals surface area contributed by atoms with Gasteiger partial charge in [-0.1, -0.05) is 11.6 Å². The molecule has 1 aliphatic carbocycles. The van der Waals surface area contributed by atoms with Gasteiger partial charge in [0.05, 0.1) is 5.54 Å². The average Bonchev–Trinajstić information content (AvgIpc) is 2.77. The molecule has 1 saturated carbocycles. The third-order valence-corrected chi connectivity index (χ3v) is 2.74. The third kappa shape index (κ3) is 1.04. The third-order valence-electron chi connectivity index (χ3n) is 2.48. The highest BCUT2D eigenvalue weighted by Crippen LogP contribution is 2.43. The number of fused-ring (bicyclic) bond motifs is 1. The van der Waals surface area contributed by atoms with Gasteiger partial charge in [0, 0.05) is 6.20 Å². The molecule has 0 aromatic carbocycles. The van der Waals surface area contributed by atoms with Gasteiger partial charge in [-0.05, 0) is 18.9 Å². The Balaban J connectivity index is 2.25. The first-order valence-corrected chi connectivity index (χ1v) is 4.77. The molecule has 2 N–H and O–H groups in total. The van der Waals surface area contributed by atoms with Crippen molar-refractivity contribution in [3.8, 4) is 0 Å². The largest absolute Gasteiger partial charge is 0.435 e. The van der Waals surface area contributed by atoms with E-state index in [-0.39, 0.29) is 5.54 Å². The molecule has 2 heterocycles. The highest BCUT2D eigenvalue weighted by molar-refractivity contribution is 6.33. The molecule has 5 heteroatoms. The van der Waals surface area contributed by atoms with E-state index in [9.17, 15) is 0 Å².